The Morgan fingerprint density at radius 3 is 2.33 bits per heavy atom. The van der Waals surface area contributed by atoms with E-state index in [-0.39, 0.29) is 16.5 Å². The van der Waals surface area contributed by atoms with Gasteiger partial charge in [-0.2, -0.15) is 13.2 Å². The third-order valence-electron chi connectivity index (χ3n) is 3.11. The molecule has 126 valence electrons. The molecule has 0 fully saturated rings. The van der Waals surface area contributed by atoms with Gasteiger partial charge in [-0.05, 0) is 43.4 Å². The van der Waals surface area contributed by atoms with Gasteiger partial charge in [-0.3, -0.25) is 10.1 Å². The third-order valence-corrected chi connectivity index (χ3v) is 3.32. The van der Waals surface area contributed by atoms with E-state index in [4.69, 9.17) is 12.2 Å². The summed E-state index contributed by atoms with van der Waals surface area (Å²) in [5, 5.41) is 16.2. The zero-order valence-electron chi connectivity index (χ0n) is 12.3. The Morgan fingerprint density at radius 2 is 1.75 bits per heavy atom. The van der Waals surface area contributed by atoms with E-state index in [9.17, 15) is 23.3 Å². The summed E-state index contributed by atoms with van der Waals surface area (Å²) in [6.45, 7) is 1.60. The smallest absolute Gasteiger partial charge is 0.332 e. The van der Waals surface area contributed by atoms with Crippen LogP contribution in [0.15, 0.2) is 42.5 Å². The third kappa shape index (κ3) is 4.42. The monoisotopic (exact) mass is 355 g/mol. The van der Waals surface area contributed by atoms with E-state index >= 15 is 0 Å². The van der Waals surface area contributed by atoms with Crippen LogP contribution >= 0.6 is 12.2 Å². The second-order valence-electron chi connectivity index (χ2n) is 4.92. The summed E-state index contributed by atoms with van der Waals surface area (Å²) in [6, 6.07) is 8.99. The zero-order valence-corrected chi connectivity index (χ0v) is 13.2. The van der Waals surface area contributed by atoms with Crippen LogP contribution in [0.2, 0.25) is 0 Å². The van der Waals surface area contributed by atoms with Gasteiger partial charge in [0.05, 0.1) is 10.5 Å². The van der Waals surface area contributed by atoms with Crippen molar-refractivity contribution in [2.75, 3.05) is 10.6 Å². The normalized spacial score (nSPS) is 11.0. The molecule has 0 radical (unpaired) electrons. The minimum absolute atomic E-state index is 0.0208. The van der Waals surface area contributed by atoms with E-state index in [0.29, 0.717) is 11.3 Å². The summed E-state index contributed by atoms with van der Waals surface area (Å²) in [4.78, 5) is 10.4. The summed E-state index contributed by atoms with van der Waals surface area (Å²) in [7, 11) is 0. The quantitative estimate of drug-likeness (QED) is 0.473. The number of benzene rings is 2. The van der Waals surface area contributed by atoms with Crippen molar-refractivity contribution in [2.24, 2.45) is 0 Å². The number of aryl methyl sites for hydroxylation is 1. The first-order valence-electron chi connectivity index (χ1n) is 6.67. The lowest BCUT2D eigenvalue weighted by molar-refractivity contribution is -0.385. The zero-order chi connectivity index (χ0) is 17.9. The number of hydrogen-bond acceptors (Lipinski definition) is 3. The number of nitro benzene ring substituents is 1. The van der Waals surface area contributed by atoms with Gasteiger partial charge in [0.2, 0.25) is 0 Å². The lowest BCUT2D eigenvalue weighted by Gasteiger charge is -2.13. The average molecular weight is 355 g/mol. The van der Waals surface area contributed by atoms with E-state index in [0.717, 1.165) is 12.1 Å². The predicted molar refractivity (Wildman–Crippen MR) is 89.1 cm³/mol. The first kappa shape index (κ1) is 17.7. The van der Waals surface area contributed by atoms with Crippen LogP contribution in [0.1, 0.15) is 11.1 Å². The van der Waals surface area contributed by atoms with Gasteiger partial charge in [-0.1, -0.05) is 12.1 Å². The van der Waals surface area contributed by atoms with Crippen molar-refractivity contribution in [1.29, 1.82) is 0 Å². The fraction of sp³-hybridized carbons (Fsp3) is 0.133. The van der Waals surface area contributed by atoms with Crippen LogP contribution < -0.4 is 10.6 Å². The molecule has 2 N–H and O–H groups in total. The first-order chi connectivity index (χ1) is 11.2. The molecule has 0 atom stereocenters. The number of nitro groups is 1. The number of nitrogens with zero attached hydrogens (tertiary/aromatic N) is 1. The van der Waals surface area contributed by atoms with Crippen molar-refractivity contribution in [2.45, 2.75) is 13.1 Å². The van der Waals surface area contributed by atoms with Crippen LogP contribution in [0.3, 0.4) is 0 Å². The number of rotatable bonds is 3. The number of anilines is 2. The topological polar surface area (TPSA) is 67.2 Å². The number of thiocarbonyl (C=S) groups is 1. The van der Waals surface area contributed by atoms with Gasteiger partial charge in [0.1, 0.15) is 0 Å². The van der Waals surface area contributed by atoms with Gasteiger partial charge in [-0.15, -0.1) is 0 Å². The van der Waals surface area contributed by atoms with Gasteiger partial charge in [-0.25, -0.2) is 0 Å². The summed E-state index contributed by atoms with van der Waals surface area (Å²) in [5.74, 6) is 0. The Balaban J connectivity index is 2.12. The molecule has 2 aromatic carbocycles. The van der Waals surface area contributed by atoms with Crippen LogP contribution in [-0.2, 0) is 6.18 Å². The highest BCUT2D eigenvalue weighted by atomic mass is 32.1. The van der Waals surface area contributed by atoms with Crippen molar-refractivity contribution in [1.82, 2.24) is 0 Å². The summed E-state index contributed by atoms with van der Waals surface area (Å²) < 4.78 is 38.0. The van der Waals surface area contributed by atoms with Gasteiger partial charge in [0.25, 0.3) is 5.69 Å². The maximum atomic E-state index is 12.7. The second-order valence-corrected chi connectivity index (χ2v) is 5.32. The minimum atomic E-state index is -4.45. The molecule has 0 aliphatic carbocycles. The van der Waals surface area contributed by atoms with E-state index < -0.39 is 16.7 Å². The first-order valence-corrected chi connectivity index (χ1v) is 7.08. The van der Waals surface area contributed by atoms with Gasteiger partial charge < -0.3 is 10.6 Å². The van der Waals surface area contributed by atoms with Gasteiger partial charge in [0.15, 0.2) is 5.11 Å². The largest absolute Gasteiger partial charge is 0.416 e. The van der Waals surface area contributed by atoms with Crippen molar-refractivity contribution in [3.05, 3.63) is 63.7 Å². The van der Waals surface area contributed by atoms with Gasteiger partial charge >= 0.3 is 6.18 Å². The Morgan fingerprint density at radius 1 is 1.12 bits per heavy atom. The molecule has 24 heavy (non-hydrogen) atoms. The fourth-order valence-corrected chi connectivity index (χ4v) is 2.19. The molecule has 0 aromatic heterocycles. The number of hydrogen-bond donors (Lipinski definition) is 2. The minimum Gasteiger partial charge on any atom is -0.332 e. The van der Waals surface area contributed by atoms with Crippen LogP contribution in [0.4, 0.5) is 30.2 Å². The number of nitrogens with one attached hydrogen (secondary N) is 2. The molecule has 0 saturated carbocycles. The lowest BCUT2D eigenvalue weighted by Crippen LogP contribution is -2.19. The molecule has 2 aromatic rings. The van der Waals surface area contributed by atoms with Crippen molar-refractivity contribution < 1.29 is 18.1 Å². The fourth-order valence-electron chi connectivity index (χ4n) is 1.95. The average Bonchev–Trinajstić information content (AvgIpc) is 2.48. The van der Waals surface area contributed by atoms with Crippen molar-refractivity contribution in [3.8, 4) is 0 Å². The highest BCUT2D eigenvalue weighted by molar-refractivity contribution is 7.80. The molecular weight excluding hydrogens is 343 g/mol. The molecule has 0 amide bonds. The Hall–Kier alpha value is -2.68. The van der Waals surface area contributed by atoms with E-state index in [1.807, 2.05) is 0 Å². The second kappa shape index (κ2) is 6.83. The van der Waals surface area contributed by atoms with E-state index in [1.165, 1.54) is 18.2 Å². The lowest BCUT2D eigenvalue weighted by atomic mass is 10.2. The SMILES string of the molecule is Cc1ccc(NC(=S)Nc2cccc(C(F)(F)F)c2)cc1[N+](=O)[O-]. The molecule has 9 heteroatoms. The van der Waals surface area contributed by atoms with Crippen molar-refractivity contribution >= 4 is 34.4 Å². The summed E-state index contributed by atoms with van der Waals surface area (Å²) >= 11 is 5.02. The van der Waals surface area contributed by atoms with E-state index in [2.05, 4.69) is 10.6 Å². The van der Waals surface area contributed by atoms with Crippen molar-refractivity contribution in [3.63, 3.8) is 0 Å². The van der Waals surface area contributed by atoms with Crippen LogP contribution in [0.5, 0.6) is 0 Å². The summed E-state index contributed by atoms with van der Waals surface area (Å²) in [6.07, 6.45) is -4.45. The van der Waals surface area contributed by atoms with Crippen LogP contribution in [-0.4, -0.2) is 10.0 Å². The molecule has 0 aliphatic heterocycles. The number of halogens is 3. The molecular formula is C15H12F3N3O2S. The molecule has 0 unspecified atom stereocenters. The Labute approximate surface area is 140 Å². The molecule has 5 nitrogen and oxygen atoms in total. The molecule has 0 aliphatic rings. The molecule has 2 rings (SSSR count). The highest BCUT2D eigenvalue weighted by Crippen LogP contribution is 2.30. The Bertz CT molecular complexity index is 794. The van der Waals surface area contributed by atoms with Gasteiger partial charge in [0, 0.05) is 23.0 Å². The maximum Gasteiger partial charge on any atom is 0.416 e. The molecule has 0 heterocycles. The standard InChI is InChI=1S/C15H12F3N3O2S/c1-9-5-6-12(8-13(9)21(22)23)20-14(24)19-11-4-2-3-10(7-11)15(16,17)18/h2-8H,1H3,(H2,19,20,24). The molecule has 0 bridgehead atoms. The predicted octanol–water partition coefficient (Wildman–Crippen LogP) is 4.73. The maximum absolute atomic E-state index is 12.7. The van der Waals surface area contributed by atoms with Crippen LogP contribution in [0.25, 0.3) is 0 Å². The summed E-state index contributed by atoms with van der Waals surface area (Å²) in [5.41, 5.74) is 0.117. The molecule has 0 spiro atoms. The highest BCUT2D eigenvalue weighted by Gasteiger charge is 2.30. The Kier molecular flexibility index (Phi) is 5.03. The number of alkyl halides is 3. The van der Waals surface area contributed by atoms with Crippen LogP contribution in [0, 0.1) is 17.0 Å². The van der Waals surface area contributed by atoms with E-state index in [1.54, 1.807) is 19.1 Å². The molecule has 0 saturated heterocycles.